The zero-order chi connectivity index (χ0) is 50.8. The topological polar surface area (TPSA) is 73.0 Å². The third kappa shape index (κ3) is 27.1. The van der Waals surface area contributed by atoms with Gasteiger partial charge in [0.15, 0.2) is 0 Å². The summed E-state index contributed by atoms with van der Waals surface area (Å²) in [4.78, 5) is 50.6. The van der Waals surface area contributed by atoms with Gasteiger partial charge >= 0.3 is 0 Å². The predicted octanol–water partition coefficient (Wildman–Crippen LogP) is 4.86. The number of nitrogens with zero attached hydrogens (tertiary/aromatic N) is 12. The van der Waals surface area contributed by atoms with Gasteiger partial charge in [-0.15, -0.1) is 0 Å². The fraction of sp³-hybridized carbons (Fsp3) is 0.962. The monoisotopic (exact) mass is 951 g/mol. The summed E-state index contributed by atoms with van der Waals surface area (Å²) >= 11 is 0. The highest BCUT2D eigenvalue weighted by Crippen LogP contribution is 2.10. The quantitative estimate of drug-likeness (QED) is 0.334. The Morgan fingerprint density at radius 1 is 0.299 bits per heavy atom. The maximum absolute atomic E-state index is 11.0. The Morgan fingerprint density at radius 2 is 0.463 bits per heavy atom. The van der Waals surface area contributed by atoms with Gasteiger partial charge in [0.1, 0.15) is 0 Å². The van der Waals surface area contributed by atoms with Crippen molar-refractivity contribution >= 4 is 11.8 Å². The van der Waals surface area contributed by atoms with Crippen molar-refractivity contribution in [1.29, 1.82) is 0 Å². The molecule has 14 nitrogen and oxygen atoms in total. The zero-order valence-electron chi connectivity index (χ0n) is 47.9. The molecule has 0 aromatic heterocycles. The Bertz CT molecular complexity index is 1140. The number of rotatable bonds is 8. The van der Waals surface area contributed by atoms with Crippen molar-refractivity contribution in [1.82, 2.24) is 58.8 Å². The van der Waals surface area contributed by atoms with Crippen LogP contribution in [0.5, 0.6) is 0 Å². The van der Waals surface area contributed by atoms with E-state index in [4.69, 9.17) is 0 Å². The molecule has 0 aromatic carbocycles. The van der Waals surface area contributed by atoms with Crippen LogP contribution >= 0.6 is 0 Å². The second-order valence-corrected chi connectivity index (χ2v) is 22.0. The molecule has 0 saturated carbocycles. The molecule has 0 N–H and O–H groups in total. The number of hydrogen-bond acceptors (Lipinski definition) is 12. The average Bonchev–Trinajstić information content (AvgIpc) is 3.30. The van der Waals surface area contributed by atoms with Crippen molar-refractivity contribution in [3.8, 4) is 0 Å². The van der Waals surface area contributed by atoms with Crippen LogP contribution in [-0.4, -0.2) is 291 Å². The average molecular weight is 952 g/mol. The van der Waals surface area contributed by atoms with E-state index in [-0.39, 0.29) is 11.8 Å². The number of carbonyl (C=O) groups excluding carboxylic acids is 2. The molecule has 6 saturated heterocycles. The first-order valence-corrected chi connectivity index (χ1v) is 27.3. The maximum Gasteiger partial charge on any atom is 0.219 e. The van der Waals surface area contributed by atoms with Crippen molar-refractivity contribution in [2.75, 3.05) is 178 Å². The molecule has 6 fully saturated rings. The van der Waals surface area contributed by atoms with E-state index in [0.717, 1.165) is 82.6 Å². The second-order valence-electron chi connectivity index (χ2n) is 22.0. The smallest absolute Gasteiger partial charge is 0.219 e. The van der Waals surface area contributed by atoms with Crippen LogP contribution in [0, 0.1) is 0 Å². The lowest BCUT2D eigenvalue weighted by atomic mass is 10.2. The summed E-state index contributed by atoms with van der Waals surface area (Å²) < 4.78 is 0. The first-order chi connectivity index (χ1) is 31.5. The van der Waals surface area contributed by atoms with Gasteiger partial charge in [-0.3, -0.25) is 43.9 Å². The highest BCUT2D eigenvalue weighted by molar-refractivity contribution is 5.73. The third-order valence-corrected chi connectivity index (χ3v) is 14.9. The molecule has 0 atom stereocenters. The molecular formula is C53H114N12O2. The van der Waals surface area contributed by atoms with E-state index in [0.29, 0.717) is 12.1 Å². The summed E-state index contributed by atoms with van der Waals surface area (Å²) in [6, 6.07) is 4.85. The van der Waals surface area contributed by atoms with Crippen LogP contribution in [0.2, 0.25) is 0 Å². The molecule has 0 aliphatic carbocycles. The standard InChI is InChI=1S/C10H22N2.2C9H18N2O.C9H20N2.2C8H18N2/c1-9(2)11-5-7-12(8-6-11)10(3)4;2*1-8(2)10-4-6-11(7-5-10)9(3)12;1-4-10-5-7-11(8-6-10)9(2)3;2*1-8(2)10-6-4-9(3)5-7-10/h9-10H,5-8H2,1-4H3;2*8H,4-7H2,1-3H3;9H,4-8H2,1-3H3;2*8H,4-7H2,1-3H3. The highest BCUT2D eigenvalue weighted by Gasteiger charge is 2.23. The van der Waals surface area contributed by atoms with Crippen LogP contribution in [-0.2, 0) is 9.59 Å². The van der Waals surface area contributed by atoms with Gasteiger partial charge < -0.3 is 24.5 Å². The molecule has 0 radical (unpaired) electrons. The van der Waals surface area contributed by atoms with E-state index < -0.39 is 0 Å². The first-order valence-electron chi connectivity index (χ1n) is 27.3. The minimum Gasteiger partial charge on any atom is -0.340 e. The molecule has 6 heterocycles. The molecule has 6 rings (SSSR count). The van der Waals surface area contributed by atoms with E-state index in [2.05, 4.69) is 167 Å². The lowest BCUT2D eigenvalue weighted by molar-refractivity contribution is -0.131. The van der Waals surface area contributed by atoms with Gasteiger partial charge in [0.05, 0.1) is 0 Å². The van der Waals surface area contributed by atoms with Crippen LogP contribution in [0.15, 0.2) is 0 Å². The van der Waals surface area contributed by atoms with E-state index in [1.165, 1.54) is 111 Å². The number of amides is 2. The van der Waals surface area contributed by atoms with Crippen LogP contribution < -0.4 is 0 Å². The molecule has 6 aliphatic heterocycles. The lowest BCUT2D eigenvalue weighted by Crippen LogP contribution is -2.50. The van der Waals surface area contributed by atoms with Gasteiger partial charge in [-0.05, 0) is 118 Å². The Kier molecular flexibility index (Phi) is 33.0. The van der Waals surface area contributed by atoms with Gasteiger partial charge in [0.2, 0.25) is 11.8 Å². The van der Waals surface area contributed by atoms with Crippen molar-refractivity contribution in [2.24, 2.45) is 0 Å². The molecule has 0 spiro atoms. The van der Waals surface area contributed by atoms with E-state index in [9.17, 15) is 9.59 Å². The van der Waals surface area contributed by atoms with Crippen LogP contribution in [0.4, 0.5) is 0 Å². The summed E-state index contributed by atoms with van der Waals surface area (Å²) in [6.45, 7) is 65.9. The fourth-order valence-electron chi connectivity index (χ4n) is 9.15. The number of piperazine rings is 6. The summed E-state index contributed by atoms with van der Waals surface area (Å²) in [5, 5.41) is 0. The van der Waals surface area contributed by atoms with Crippen LogP contribution in [0.1, 0.15) is 118 Å². The lowest BCUT2D eigenvalue weighted by Gasteiger charge is -2.38. The maximum atomic E-state index is 11.0. The molecule has 6 aliphatic rings. The van der Waals surface area contributed by atoms with E-state index in [1.54, 1.807) is 13.8 Å². The predicted molar refractivity (Wildman–Crippen MR) is 289 cm³/mol. The summed E-state index contributed by atoms with van der Waals surface area (Å²) in [5.41, 5.74) is 0. The van der Waals surface area contributed by atoms with Gasteiger partial charge in [0.25, 0.3) is 0 Å². The van der Waals surface area contributed by atoms with Gasteiger partial charge in [-0.2, -0.15) is 0 Å². The second kappa shape index (κ2) is 34.8. The van der Waals surface area contributed by atoms with Gasteiger partial charge in [0, 0.05) is 213 Å². The molecule has 2 amide bonds. The minimum absolute atomic E-state index is 0.207. The number of carbonyl (C=O) groups is 2. The largest absolute Gasteiger partial charge is 0.340 e. The molecule has 0 unspecified atom stereocenters. The molecule has 398 valence electrons. The Labute approximate surface area is 416 Å². The Morgan fingerprint density at radius 3 is 0.627 bits per heavy atom. The molecule has 0 bridgehead atoms. The Balaban J connectivity index is 0.000000403. The summed E-state index contributed by atoms with van der Waals surface area (Å²) in [7, 11) is 4.38. The van der Waals surface area contributed by atoms with Crippen molar-refractivity contribution < 1.29 is 9.59 Å². The normalized spacial score (nSPS) is 22.2. The van der Waals surface area contributed by atoms with Crippen molar-refractivity contribution in [3.63, 3.8) is 0 Å². The summed E-state index contributed by atoms with van der Waals surface area (Å²) in [6.07, 6.45) is 0. The molecular weight excluding hydrogens is 837 g/mol. The number of likely N-dealkylation sites (N-methyl/N-ethyl adjacent to an activating group) is 3. The Hall–Kier alpha value is -1.46. The molecule has 0 aromatic rings. The number of hydrogen-bond donors (Lipinski definition) is 0. The van der Waals surface area contributed by atoms with E-state index >= 15 is 0 Å². The van der Waals surface area contributed by atoms with Gasteiger partial charge in [-0.1, -0.05) is 6.92 Å². The highest BCUT2D eigenvalue weighted by atomic mass is 16.2. The third-order valence-electron chi connectivity index (χ3n) is 14.9. The van der Waals surface area contributed by atoms with Crippen LogP contribution in [0.25, 0.3) is 0 Å². The fourth-order valence-corrected chi connectivity index (χ4v) is 9.15. The zero-order valence-corrected chi connectivity index (χ0v) is 47.9. The van der Waals surface area contributed by atoms with Gasteiger partial charge in [-0.25, -0.2) is 0 Å². The van der Waals surface area contributed by atoms with Crippen LogP contribution in [0.3, 0.4) is 0 Å². The summed E-state index contributed by atoms with van der Waals surface area (Å²) in [5.74, 6) is 0.414. The molecule has 67 heavy (non-hydrogen) atoms. The van der Waals surface area contributed by atoms with E-state index in [1.807, 2.05) is 9.80 Å². The minimum atomic E-state index is 0.207. The first kappa shape index (κ1) is 63.6. The molecule has 14 heteroatoms. The van der Waals surface area contributed by atoms with Crippen molar-refractivity contribution in [3.05, 3.63) is 0 Å². The SMILES string of the molecule is CC(=O)N1CCN(C(C)C)CC1.CC(=O)N1CCN(C(C)C)CC1.CC(C)N1CCN(C(C)C)CC1.CC(C)N1CCN(C)CC1.CC(C)N1CCN(C)CC1.CCN1CCN(C(C)C)CC1. The van der Waals surface area contributed by atoms with Crippen molar-refractivity contribution in [2.45, 2.75) is 160 Å².